The van der Waals surface area contributed by atoms with Gasteiger partial charge in [-0.3, -0.25) is 0 Å². The van der Waals surface area contributed by atoms with E-state index in [2.05, 4.69) is 25.2 Å². The summed E-state index contributed by atoms with van der Waals surface area (Å²) >= 11 is 0. The van der Waals surface area contributed by atoms with Gasteiger partial charge in [0.25, 0.3) is 0 Å². The van der Waals surface area contributed by atoms with Crippen molar-refractivity contribution in [1.82, 2.24) is 0 Å². The SMILES string of the molecule is CCCCC[C@H](O)/C=C\C12C=CCC1CC(O)C2. The van der Waals surface area contributed by atoms with Crippen LogP contribution in [0.3, 0.4) is 0 Å². The molecule has 2 nitrogen and oxygen atoms in total. The number of rotatable bonds is 6. The summed E-state index contributed by atoms with van der Waals surface area (Å²) in [5.41, 5.74) is 0.0329. The summed E-state index contributed by atoms with van der Waals surface area (Å²) in [7, 11) is 0. The molecular formula is C16H26O2. The van der Waals surface area contributed by atoms with Gasteiger partial charge in [-0.2, -0.15) is 0 Å². The Balaban J connectivity index is 1.89. The van der Waals surface area contributed by atoms with Gasteiger partial charge in [-0.1, -0.05) is 50.5 Å². The predicted octanol–water partition coefficient (Wildman–Crippen LogP) is 3.20. The first kappa shape index (κ1) is 13.8. The fourth-order valence-corrected chi connectivity index (χ4v) is 3.43. The molecule has 0 aromatic heterocycles. The van der Waals surface area contributed by atoms with Crippen molar-refractivity contribution < 1.29 is 10.2 Å². The van der Waals surface area contributed by atoms with E-state index in [9.17, 15) is 10.2 Å². The molecule has 0 heterocycles. The van der Waals surface area contributed by atoms with Crippen molar-refractivity contribution in [2.75, 3.05) is 0 Å². The van der Waals surface area contributed by atoms with E-state index in [0.717, 1.165) is 32.1 Å². The van der Waals surface area contributed by atoms with E-state index >= 15 is 0 Å². The van der Waals surface area contributed by atoms with Gasteiger partial charge >= 0.3 is 0 Å². The van der Waals surface area contributed by atoms with Crippen molar-refractivity contribution in [1.29, 1.82) is 0 Å². The van der Waals surface area contributed by atoms with E-state index < -0.39 is 0 Å². The lowest BCUT2D eigenvalue weighted by molar-refractivity contribution is 0.173. The molecule has 2 rings (SSSR count). The number of hydrogen-bond donors (Lipinski definition) is 2. The molecule has 2 heteroatoms. The van der Waals surface area contributed by atoms with Gasteiger partial charge in [0.15, 0.2) is 0 Å². The topological polar surface area (TPSA) is 40.5 Å². The molecule has 0 spiro atoms. The number of fused-ring (bicyclic) bond motifs is 1. The minimum atomic E-state index is -0.321. The average molecular weight is 250 g/mol. The van der Waals surface area contributed by atoms with Crippen LogP contribution in [0.5, 0.6) is 0 Å². The van der Waals surface area contributed by atoms with Crippen molar-refractivity contribution >= 4 is 0 Å². The maximum absolute atomic E-state index is 9.95. The molecule has 102 valence electrons. The van der Waals surface area contributed by atoms with Crippen LogP contribution in [-0.4, -0.2) is 22.4 Å². The second kappa shape index (κ2) is 6.03. The van der Waals surface area contributed by atoms with Crippen molar-refractivity contribution in [3.63, 3.8) is 0 Å². The molecule has 0 amide bonds. The molecule has 0 saturated heterocycles. The Hall–Kier alpha value is -0.600. The van der Waals surface area contributed by atoms with Crippen LogP contribution >= 0.6 is 0 Å². The highest BCUT2D eigenvalue weighted by molar-refractivity contribution is 5.24. The molecule has 0 aromatic carbocycles. The van der Waals surface area contributed by atoms with Gasteiger partial charge in [-0.15, -0.1) is 0 Å². The Morgan fingerprint density at radius 3 is 3.06 bits per heavy atom. The van der Waals surface area contributed by atoms with Crippen molar-refractivity contribution in [3.8, 4) is 0 Å². The summed E-state index contributed by atoms with van der Waals surface area (Å²) in [5, 5.41) is 19.8. The molecule has 0 aliphatic heterocycles. The smallest absolute Gasteiger partial charge is 0.0721 e. The highest BCUT2D eigenvalue weighted by atomic mass is 16.3. The molecule has 2 aliphatic carbocycles. The van der Waals surface area contributed by atoms with E-state index in [-0.39, 0.29) is 17.6 Å². The van der Waals surface area contributed by atoms with Gasteiger partial charge in [0.05, 0.1) is 12.2 Å². The second-order valence-electron chi connectivity index (χ2n) is 5.96. The third-order valence-electron chi connectivity index (χ3n) is 4.49. The fraction of sp³-hybridized carbons (Fsp3) is 0.750. The van der Waals surface area contributed by atoms with Crippen molar-refractivity contribution in [2.45, 2.75) is 64.1 Å². The molecule has 2 aliphatic rings. The first-order chi connectivity index (χ1) is 8.66. The monoisotopic (exact) mass is 250 g/mol. The third kappa shape index (κ3) is 3.04. The Morgan fingerprint density at radius 2 is 2.28 bits per heavy atom. The summed E-state index contributed by atoms with van der Waals surface area (Å²) in [6.45, 7) is 2.18. The number of aliphatic hydroxyl groups excluding tert-OH is 2. The lowest BCUT2D eigenvalue weighted by Gasteiger charge is -2.24. The van der Waals surface area contributed by atoms with Crippen LogP contribution in [0.25, 0.3) is 0 Å². The highest BCUT2D eigenvalue weighted by Crippen LogP contribution is 2.51. The number of allylic oxidation sites excluding steroid dienone is 3. The summed E-state index contributed by atoms with van der Waals surface area (Å²) in [6.07, 6.45) is 15.2. The average Bonchev–Trinajstić information content (AvgIpc) is 2.83. The highest BCUT2D eigenvalue weighted by Gasteiger charge is 2.45. The largest absolute Gasteiger partial charge is 0.393 e. The molecule has 0 aromatic rings. The Kier molecular flexibility index (Phi) is 4.63. The first-order valence-corrected chi connectivity index (χ1v) is 7.39. The maximum atomic E-state index is 9.95. The summed E-state index contributed by atoms with van der Waals surface area (Å²) < 4.78 is 0. The molecule has 18 heavy (non-hydrogen) atoms. The Morgan fingerprint density at radius 1 is 1.44 bits per heavy atom. The third-order valence-corrected chi connectivity index (χ3v) is 4.49. The van der Waals surface area contributed by atoms with Crippen LogP contribution in [-0.2, 0) is 0 Å². The zero-order valence-corrected chi connectivity index (χ0v) is 11.4. The Labute approximate surface area is 110 Å². The van der Waals surface area contributed by atoms with E-state index in [4.69, 9.17) is 0 Å². The second-order valence-corrected chi connectivity index (χ2v) is 5.96. The standard InChI is InChI=1S/C16H26O2/c1-2-3-4-7-14(17)8-10-16-9-5-6-13(16)11-15(18)12-16/h5,8-10,13-15,17-18H,2-4,6-7,11-12H2,1H3/b10-8-/t13?,14-,15?,16?/m0/s1. The zero-order valence-electron chi connectivity index (χ0n) is 11.4. The van der Waals surface area contributed by atoms with Gasteiger partial charge in [0, 0.05) is 5.41 Å². The molecule has 4 atom stereocenters. The molecule has 1 fully saturated rings. The van der Waals surface area contributed by atoms with Crippen LogP contribution in [0.4, 0.5) is 0 Å². The van der Waals surface area contributed by atoms with E-state index in [0.29, 0.717) is 5.92 Å². The summed E-state index contributed by atoms with van der Waals surface area (Å²) in [4.78, 5) is 0. The normalized spacial score (nSPS) is 36.4. The van der Waals surface area contributed by atoms with Crippen LogP contribution < -0.4 is 0 Å². The maximum Gasteiger partial charge on any atom is 0.0721 e. The van der Waals surface area contributed by atoms with Gasteiger partial charge < -0.3 is 10.2 Å². The van der Waals surface area contributed by atoms with Gasteiger partial charge in [-0.05, 0) is 31.6 Å². The molecule has 3 unspecified atom stereocenters. The lowest BCUT2D eigenvalue weighted by atomic mass is 9.80. The van der Waals surface area contributed by atoms with Crippen LogP contribution in [0, 0.1) is 11.3 Å². The number of hydrogen-bond acceptors (Lipinski definition) is 2. The van der Waals surface area contributed by atoms with E-state index in [1.165, 1.54) is 12.8 Å². The van der Waals surface area contributed by atoms with E-state index in [1.54, 1.807) is 0 Å². The molecule has 0 bridgehead atoms. The number of aliphatic hydroxyl groups is 2. The van der Waals surface area contributed by atoms with E-state index in [1.807, 2.05) is 6.08 Å². The van der Waals surface area contributed by atoms with Gasteiger partial charge in [0.2, 0.25) is 0 Å². The van der Waals surface area contributed by atoms with Gasteiger partial charge in [-0.25, -0.2) is 0 Å². The van der Waals surface area contributed by atoms with Crippen LogP contribution in [0.1, 0.15) is 51.9 Å². The molecule has 1 saturated carbocycles. The molecular weight excluding hydrogens is 224 g/mol. The van der Waals surface area contributed by atoms with Crippen LogP contribution in [0.15, 0.2) is 24.3 Å². The predicted molar refractivity (Wildman–Crippen MR) is 74.2 cm³/mol. The van der Waals surface area contributed by atoms with Crippen LogP contribution in [0.2, 0.25) is 0 Å². The minimum Gasteiger partial charge on any atom is -0.393 e. The summed E-state index contributed by atoms with van der Waals surface area (Å²) in [6, 6.07) is 0. The minimum absolute atomic E-state index is 0.0329. The molecule has 2 N–H and O–H groups in total. The van der Waals surface area contributed by atoms with Crippen molar-refractivity contribution in [2.24, 2.45) is 11.3 Å². The zero-order chi connectivity index (χ0) is 13.0. The lowest BCUT2D eigenvalue weighted by Crippen LogP contribution is -2.17. The quantitative estimate of drug-likeness (QED) is 0.561. The van der Waals surface area contributed by atoms with Gasteiger partial charge in [0.1, 0.15) is 0 Å². The van der Waals surface area contributed by atoms with Crippen molar-refractivity contribution in [3.05, 3.63) is 24.3 Å². The fourth-order valence-electron chi connectivity index (χ4n) is 3.43. The molecule has 0 radical (unpaired) electrons. The summed E-state index contributed by atoms with van der Waals surface area (Å²) in [5.74, 6) is 0.548. The number of unbranched alkanes of at least 4 members (excludes halogenated alkanes) is 2. The Bertz CT molecular complexity index is 321. The first-order valence-electron chi connectivity index (χ1n) is 7.39.